The van der Waals surface area contributed by atoms with E-state index < -0.39 is 7.12 Å². The quantitative estimate of drug-likeness (QED) is 0.201. The number of para-hydroxylation sites is 1. The number of hydrogen-bond donors (Lipinski definition) is 0. The van der Waals surface area contributed by atoms with Crippen molar-refractivity contribution in [2.45, 2.75) is 58.2 Å². The summed E-state index contributed by atoms with van der Waals surface area (Å²) in [5.74, 6) is 0. The Morgan fingerprint density at radius 2 is 1.19 bits per heavy atom. The summed E-state index contributed by atoms with van der Waals surface area (Å²) >= 11 is 0. The smallest absolute Gasteiger partial charge is 0.399 e. The Morgan fingerprint density at radius 3 is 1.95 bits per heavy atom. The fourth-order valence-electron chi connectivity index (χ4n) is 7.10. The van der Waals surface area contributed by atoms with Crippen LogP contribution in [0.15, 0.2) is 109 Å². The Hall–Kier alpha value is -4.12. The van der Waals surface area contributed by atoms with Gasteiger partial charge in [-0.3, -0.25) is 0 Å². The predicted octanol–water partition coefficient (Wildman–Crippen LogP) is 9.06. The zero-order valence-corrected chi connectivity index (χ0v) is 25.7. The molecule has 2 heterocycles. The molecule has 3 nitrogen and oxygen atoms in total. The van der Waals surface area contributed by atoms with Crippen molar-refractivity contribution in [2.24, 2.45) is 0 Å². The van der Waals surface area contributed by atoms with E-state index in [4.69, 9.17) is 9.31 Å². The van der Waals surface area contributed by atoms with Crippen LogP contribution in [-0.2, 0) is 14.7 Å². The molecule has 212 valence electrons. The molecule has 2 aliphatic rings. The molecule has 1 saturated heterocycles. The van der Waals surface area contributed by atoms with Crippen LogP contribution in [0.5, 0.6) is 0 Å². The first-order chi connectivity index (χ1) is 20.5. The normalized spacial score (nSPS) is 17.9. The van der Waals surface area contributed by atoms with Gasteiger partial charge in [-0.25, -0.2) is 0 Å². The SMILES string of the molecule is CC1(C)c2ccccc2-c2cc(-c3ccc4c(c3)c3ccc(B5OC(C)(C)C(C)(C)O5)cc3n4-c3ccccc3)ccc21. The molecule has 1 aliphatic heterocycles. The van der Waals surface area contributed by atoms with E-state index >= 15 is 0 Å². The Kier molecular flexibility index (Phi) is 5.52. The van der Waals surface area contributed by atoms with Crippen molar-refractivity contribution in [1.82, 2.24) is 4.57 Å². The molecule has 0 saturated carbocycles. The van der Waals surface area contributed by atoms with E-state index in [1.165, 1.54) is 49.7 Å². The second-order valence-corrected chi connectivity index (χ2v) is 13.7. The summed E-state index contributed by atoms with van der Waals surface area (Å²) in [6.07, 6.45) is 0. The molecule has 1 fully saturated rings. The number of nitrogens with zero attached hydrogens (tertiary/aromatic N) is 1. The number of hydrogen-bond acceptors (Lipinski definition) is 2. The van der Waals surface area contributed by atoms with E-state index in [1.807, 2.05) is 0 Å². The molecule has 0 spiro atoms. The minimum absolute atomic E-state index is 0.00635. The van der Waals surface area contributed by atoms with Crippen LogP contribution in [0.3, 0.4) is 0 Å². The Balaban J connectivity index is 1.30. The lowest BCUT2D eigenvalue weighted by Crippen LogP contribution is -2.41. The topological polar surface area (TPSA) is 23.4 Å². The van der Waals surface area contributed by atoms with Crippen LogP contribution in [-0.4, -0.2) is 22.9 Å². The van der Waals surface area contributed by atoms with Crippen molar-refractivity contribution in [1.29, 1.82) is 0 Å². The van der Waals surface area contributed by atoms with Crippen molar-refractivity contribution in [2.75, 3.05) is 0 Å². The predicted molar refractivity (Wildman–Crippen MR) is 179 cm³/mol. The van der Waals surface area contributed by atoms with Gasteiger partial charge in [0.2, 0.25) is 0 Å². The first-order valence-corrected chi connectivity index (χ1v) is 15.3. The van der Waals surface area contributed by atoms with Crippen LogP contribution >= 0.6 is 0 Å². The van der Waals surface area contributed by atoms with Gasteiger partial charge in [-0.1, -0.05) is 86.6 Å². The van der Waals surface area contributed by atoms with Gasteiger partial charge in [0.1, 0.15) is 0 Å². The van der Waals surface area contributed by atoms with Crippen molar-refractivity contribution < 1.29 is 9.31 Å². The second-order valence-electron chi connectivity index (χ2n) is 13.7. The maximum atomic E-state index is 6.44. The van der Waals surface area contributed by atoms with Gasteiger partial charge >= 0.3 is 7.12 Å². The maximum Gasteiger partial charge on any atom is 0.494 e. The lowest BCUT2D eigenvalue weighted by molar-refractivity contribution is 0.00578. The summed E-state index contributed by atoms with van der Waals surface area (Å²) < 4.78 is 15.2. The highest BCUT2D eigenvalue weighted by molar-refractivity contribution is 6.62. The van der Waals surface area contributed by atoms with Crippen LogP contribution < -0.4 is 5.46 Å². The summed E-state index contributed by atoms with van der Waals surface area (Å²) in [7, 11) is -0.411. The highest BCUT2D eigenvalue weighted by Crippen LogP contribution is 2.49. The van der Waals surface area contributed by atoms with Gasteiger partial charge in [0.15, 0.2) is 0 Å². The Labute approximate surface area is 254 Å². The number of rotatable bonds is 3. The molecule has 43 heavy (non-hydrogen) atoms. The third kappa shape index (κ3) is 3.83. The van der Waals surface area contributed by atoms with Gasteiger partial charge in [-0.15, -0.1) is 0 Å². The molecule has 6 aromatic rings. The third-order valence-electron chi connectivity index (χ3n) is 10.2. The Morgan fingerprint density at radius 1 is 0.535 bits per heavy atom. The van der Waals surface area contributed by atoms with Gasteiger partial charge in [0.25, 0.3) is 0 Å². The lowest BCUT2D eigenvalue weighted by atomic mass is 9.78. The van der Waals surface area contributed by atoms with Crippen LogP contribution in [0.2, 0.25) is 0 Å². The fraction of sp³-hybridized carbons (Fsp3) is 0.231. The molecule has 0 unspecified atom stereocenters. The van der Waals surface area contributed by atoms with E-state index in [2.05, 4.69) is 155 Å². The number of benzene rings is 5. The van der Waals surface area contributed by atoms with Gasteiger partial charge < -0.3 is 13.9 Å². The molecule has 8 rings (SSSR count). The molecular weight excluding hydrogens is 525 g/mol. The van der Waals surface area contributed by atoms with E-state index in [-0.39, 0.29) is 16.6 Å². The standard InChI is InChI=1S/C39H36BNO2/c1-37(2)33-15-11-10-14-29(33)31-22-25(16-20-34(31)37)26-17-21-35-32(23-26)30-19-18-27(40-42-38(3,4)39(5,6)43-40)24-36(30)41(35)28-12-8-7-9-13-28/h7-24H,1-6H3. The van der Waals surface area contributed by atoms with E-state index in [0.717, 1.165) is 16.7 Å². The van der Waals surface area contributed by atoms with Crippen LogP contribution in [0.25, 0.3) is 49.7 Å². The van der Waals surface area contributed by atoms with Gasteiger partial charge in [-0.05, 0) is 103 Å². The van der Waals surface area contributed by atoms with Crippen LogP contribution in [0, 0.1) is 0 Å². The molecule has 4 heteroatoms. The maximum absolute atomic E-state index is 6.44. The van der Waals surface area contributed by atoms with Crippen molar-refractivity contribution >= 4 is 34.4 Å². The largest absolute Gasteiger partial charge is 0.494 e. The molecule has 0 amide bonds. The highest BCUT2D eigenvalue weighted by Gasteiger charge is 2.51. The minimum atomic E-state index is -0.411. The highest BCUT2D eigenvalue weighted by atomic mass is 16.7. The summed E-state index contributed by atoms with van der Waals surface area (Å²) in [4.78, 5) is 0. The van der Waals surface area contributed by atoms with Crippen LogP contribution in [0.1, 0.15) is 52.7 Å². The molecular formula is C39H36BNO2. The molecule has 0 atom stereocenters. The second kappa shape index (κ2) is 8.95. The average Bonchev–Trinajstić information content (AvgIpc) is 3.53. The first-order valence-electron chi connectivity index (χ1n) is 15.3. The zero-order chi connectivity index (χ0) is 29.7. The molecule has 1 aliphatic carbocycles. The Bertz CT molecular complexity index is 2050. The van der Waals surface area contributed by atoms with Gasteiger partial charge in [0.05, 0.1) is 22.2 Å². The van der Waals surface area contributed by atoms with Crippen molar-refractivity contribution in [3.8, 4) is 27.9 Å². The molecule has 1 aromatic heterocycles. The van der Waals surface area contributed by atoms with E-state index in [1.54, 1.807) is 0 Å². The number of fused-ring (bicyclic) bond motifs is 6. The van der Waals surface area contributed by atoms with Gasteiger partial charge in [0, 0.05) is 21.9 Å². The summed E-state index contributed by atoms with van der Waals surface area (Å²) in [5, 5.41) is 2.45. The fourth-order valence-corrected chi connectivity index (χ4v) is 7.10. The third-order valence-corrected chi connectivity index (χ3v) is 10.2. The lowest BCUT2D eigenvalue weighted by Gasteiger charge is -2.32. The van der Waals surface area contributed by atoms with Gasteiger partial charge in [-0.2, -0.15) is 0 Å². The minimum Gasteiger partial charge on any atom is -0.399 e. The average molecular weight is 562 g/mol. The summed E-state index contributed by atoms with van der Waals surface area (Å²) in [5.41, 5.74) is 11.7. The van der Waals surface area contributed by atoms with Crippen molar-refractivity contribution in [3.63, 3.8) is 0 Å². The van der Waals surface area contributed by atoms with Crippen LogP contribution in [0.4, 0.5) is 0 Å². The summed E-state index contributed by atoms with van der Waals surface area (Å²) in [6, 6.07) is 40.0. The molecule has 5 aromatic carbocycles. The molecule has 0 N–H and O–H groups in total. The molecule has 0 radical (unpaired) electrons. The van der Waals surface area contributed by atoms with Crippen molar-refractivity contribution in [3.05, 3.63) is 120 Å². The monoisotopic (exact) mass is 561 g/mol. The number of aromatic nitrogens is 1. The van der Waals surface area contributed by atoms with E-state index in [9.17, 15) is 0 Å². The summed E-state index contributed by atoms with van der Waals surface area (Å²) in [6.45, 7) is 13.1. The van der Waals surface area contributed by atoms with E-state index in [0.29, 0.717) is 0 Å². The first kappa shape index (κ1) is 26.5. The molecule has 0 bridgehead atoms. The zero-order valence-electron chi connectivity index (χ0n) is 25.7.